The van der Waals surface area contributed by atoms with Gasteiger partial charge in [-0.1, -0.05) is 0 Å². The van der Waals surface area contributed by atoms with Crippen molar-refractivity contribution in [2.24, 2.45) is 0 Å². The Labute approximate surface area is 123 Å². The zero-order valence-corrected chi connectivity index (χ0v) is 13.3. The molecule has 4 nitrogen and oxygen atoms in total. The number of hydrogen-bond acceptors (Lipinski definition) is 4. The highest BCUT2D eigenvalue weighted by molar-refractivity contribution is 7.17. The van der Waals surface area contributed by atoms with Crippen LogP contribution in [-0.4, -0.2) is 17.5 Å². The molecule has 1 heterocycles. The van der Waals surface area contributed by atoms with Crippen LogP contribution in [0, 0.1) is 0 Å². The molecule has 0 radical (unpaired) electrons. The maximum atomic E-state index is 11.9. The lowest BCUT2D eigenvalue weighted by Crippen LogP contribution is -2.27. The third kappa shape index (κ3) is 3.39. The summed E-state index contributed by atoms with van der Waals surface area (Å²) in [4.78, 5) is 25.0. The van der Waals surface area contributed by atoms with E-state index in [1.165, 1.54) is 16.2 Å². The Kier molecular flexibility index (Phi) is 4.18. The van der Waals surface area contributed by atoms with Crippen LogP contribution in [0.4, 0.5) is 9.80 Å². The molecule has 1 amide bonds. The van der Waals surface area contributed by atoms with E-state index < -0.39 is 11.7 Å². The standard InChI is InChI=1S/C15H21NO3S/c1-9(17)12-10-7-5-6-8-11(10)20-13(12)16-14(18)19-15(2,3)4/h5-8H2,1-4H3,(H,16,18). The molecule has 1 N–H and O–H groups in total. The molecule has 0 aliphatic heterocycles. The number of ketones is 1. The van der Waals surface area contributed by atoms with Crippen LogP contribution in [-0.2, 0) is 17.6 Å². The summed E-state index contributed by atoms with van der Waals surface area (Å²) < 4.78 is 5.25. The Morgan fingerprint density at radius 3 is 2.45 bits per heavy atom. The Morgan fingerprint density at radius 2 is 1.85 bits per heavy atom. The monoisotopic (exact) mass is 295 g/mol. The lowest BCUT2D eigenvalue weighted by Gasteiger charge is -2.19. The molecule has 1 aliphatic carbocycles. The number of Topliss-reactive ketones (excluding diaryl/α,β-unsaturated/α-hetero) is 1. The van der Waals surface area contributed by atoms with Crippen LogP contribution in [0.2, 0.25) is 0 Å². The summed E-state index contributed by atoms with van der Waals surface area (Å²) in [7, 11) is 0. The van der Waals surface area contributed by atoms with Crippen molar-refractivity contribution in [2.45, 2.75) is 59.0 Å². The number of thiophene rings is 1. The first kappa shape index (κ1) is 15.0. The van der Waals surface area contributed by atoms with Crippen molar-refractivity contribution in [1.29, 1.82) is 0 Å². The Balaban J connectivity index is 2.25. The molecule has 1 aromatic rings. The number of carbonyl (C=O) groups excluding carboxylic acids is 2. The van der Waals surface area contributed by atoms with Crippen LogP contribution in [0.25, 0.3) is 0 Å². The predicted octanol–water partition coefficient (Wildman–Crippen LogP) is 4.18. The molecular formula is C15H21NO3S. The minimum absolute atomic E-state index is 0.00968. The number of rotatable bonds is 2. The first-order valence-corrected chi connectivity index (χ1v) is 7.75. The van der Waals surface area contributed by atoms with E-state index in [4.69, 9.17) is 4.74 Å². The number of aryl methyl sites for hydroxylation is 1. The summed E-state index contributed by atoms with van der Waals surface area (Å²) in [6, 6.07) is 0. The van der Waals surface area contributed by atoms with Gasteiger partial charge < -0.3 is 4.74 Å². The average molecular weight is 295 g/mol. The van der Waals surface area contributed by atoms with Gasteiger partial charge in [-0.3, -0.25) is 10.1 Å². The second kappa shape index (κ2) is 5.56. The van der Waals surface area contributed by atoms with Crippen molar-refractivity contribution in [3.8, 4) is 0 Å². The highest BCUT2D eigenvalue weighted by Gasteiger charge is 2.25. The molecule has 110 valence electrons. The zero-order chi connectivity index (χ0) is 14.9. The SMILES string of the molecule is CC(=O)c1c(NC(=O)OC(C)(C)C)sc2c1CCCC2. The summed E-state index contributed by atoms with van der Waals surface area (Å²) >= 11 is 1.51. The Morgan fingerprint density at radius 1 is 1.20 bits per heavy atom. The van der Waals surface area contributed by atoms with E-state index in [-0.39, 0.29) is 5.78 Å². The second-order valence-corrected chi connectivity index (χ2v) is 7.20. The van der Waals surface area contributed by atoms with Crippen molar-refractivity contribution in [3.05, 3.63) is 16.0 Å². The number of hydrogen-bond donors (Lipinski definition) is 1. The maximum absolute atomic E-state index is 11.9. The summed E-state index contributed by atoms with van der Waals surface area (Å²) in [5.74, 6) is 0.00968. The van der Waals surface area contributed by atoms with E-state index in [2.05, 4.69) is 5.32 Å². The molecule has 1 aromatic heterocycles. The molecule has 0 aromatic carbocycles. The van der Waals surface area contributed by atoms with E-state index >= 15 is 0 Å². The zero-order valence-electron chi connectivity index (χ0n) is 12.5. The van der Waals surface area contributed by atoms with Gasteiger partial charge in [0.15, 0.2) is 5.78 Å². The van der Waals surface area contributed by atoms with E-state index in [1.54, 1.807) is 6.92 Å². The van der Waals surface area contributed by atoms with Gasteiger partial charge in [0, 0.05) is 4.88 Å². The summed E-state index contributed by atoms with van der Waals surface area (Å²) in [6.07, 6.45) is 3.68. The summed E-state index contributed by atoms with van der Waals surface area (Å²) in [5, 5.41) is 3.38. The minimum Gasteiger partial charge on any atom is -0.444 e. The van der Waals surface area contributed by atoms with E-state index in [1.807, 2.05) is 20.8 Å². The molecule has 0 saturated carbocycles. The molecule has 2 rings (SSSR count). The molecule has 0 fully saturated rings. The quantitative estimate of drug-likeness (QED) is 0.833. The van der Waals surface area contributed by atoms with Gasteiger partial charge in [-0.15, -0.1) is 11.3 Å². The van der Waals surface area contributed by atoms with Crippen molar-refractivity contribution in [3.63, 3.8) is 0 Å². The van der Waals surface area contributed by atoms with Crippen molar-refractivity contribution in [1.82, 2.24) is 0 Å². The van der Waals surface area contributed by atoms with Crippen LogP contribution < -0.4 is 5.32 Å². The smallest absolute Gasteiger partial charge is 0.412 e. The van der Waals surface area contributed by atoms with Crippen LogP contribution >= 0.6 is 11.3 Å². The molecule has 0 spiro atoms. The third-order valence-corrected chi connectivity index (χ3v) is 4.35. The highest BCUT2D eigenvalue weighted by Crippen LogP contribution is 2.38. The first-order chi connectivity index (χ1) is 9.28. The van der Waals surface area contributed by atoms with E-state index in [0.29, 0.717) is 10.6 Å². The van der Waals surface area contributed by atoms with Crippen molar-refractivity contribution >= 4 is 28.2 Å². The molecule has 0 unspecified atom stereocenters. The van der Waals surface area contributed by atoms with Gasteiger partial charge in [0.2, 0.25) is 0 Å². The average Bonchev–Trinajstić information content (AvgIpc) is 2.63. The van der Waals surface area contributed by atoms with Crippen LogP contribution in [0.15, 0.2) is 0 Å². The van der Waals surface area contributed by atoms with Gasteiger partial charge >= 0.3 is 6.09 Å². The fourth-order valence-corrected chi connectivity index (χ4v) is 3.75. The van der Waals surface area contributed by atoms with Gasteiger partial charge in [-0.05, 0) is 58.9 Å². The first-order valence-electron chi connectivity index (χ1n) is 6.93. The van der Waals surface area contributed by atoms with Gasteiger partial charge in [0.05, 0.1) is 5.56 Å². The number of amides is 1. The van der Waals surface area contributed by atoms with E-state index in [0.717, 1.165) is 31.2 Å². The fraction of sp³-hybridized carbons (Fsp3) is 0.600. The molecule has 1 aliphatic rings. The van der Waals surface area contributed by atoms with Crippen LogP contribution in [0.1, 0.15) is 61.3 Å². The summed E-state index contributed by atoms with van der Waals surface area (Å²) in [5.41, 5.74) is 1.26. The predicted molar refractivity (Wildman–Crippen MR) is 80.8 cm³/mol. The molecule has 0 saturated heterocycles. The van der Waals surface area contributed by atoms with Gasteiger partial charge in [0.25, 0.3) is 0 Å². The van der Waals surface area contributed by atoms with Gasteiger partial charge in [-0.2, -0.15) is 0 Å². The largest absolute Gasteiger partial charge is 0.444 e. The minimum atomic E-state index is -0.544. The normalized spacial score (nSPS) is 14.6. The second-order valence-electron chi connectivity index (χ2n) is 6.10. The number of nitrogens with one attached hydrogen (secondary N) is 1. The Bertz CT molecular complexity index is 540. The van der Waals surface area contributed by atoms with Crippen LogP contribution in [0.5, 0.6) is 0 Å². The molecule has 20 heavy (non-hydrogen) atoms. The molecular weight excluding hydrogens is 274 g/mol. The van der Waals surface area contributed by atoms with Crippen molar-refractivity contribution < 1.29 is 14.3 Å². The number of carbonyl (C=O) groups is 2. The molecule has 5 heteroatoms. The van der Waals surface area contributed by atoms with E-state index in [9.17, 15) is 9.59 Å². The van der Waals surface area contributed by atoms with Crippen molar-refractivity contribution in [2.75, 3.05) is 5.32 Å². The van der Waals surface area contributed by atoms with Gasteiger partial charge in [-0.25, -0.2) is 4.79 Å². The fourth-order valence-electron chi connectivity index (χ4n) is 2.42. The highest BCUT2D eigenvalue weighted by atomic mass is 32.1. The lowest BCUT2D eigenvalue weighted by molar-refractivity contribution is 0.0636. The third-order valence-electron chi connectivity index (χ3n) is 3.14. The Hall–Kier alpha value is -1.36. The maximum Gasteiger partial charge on any atom is 0.412 e. The van der Waals surface area contributed by atoms with Gasteiger partial charge in [0.1, 0.15) is 10.6 Å². The van der Waals surface area contributed by atoms with Crippen LogP contribution in [0.3, 0.4) is 0 Å². The number of fused-ring (bicyclic) bond motifs is 1. The topological polar surface area (TPSA) is 55.4 Å². The molecule has 0 atom stereocenters. The number of ether oxygens (including phenoxy) is 1. The summed E-state index contributed by atoms with van der Waals surface area (Å²) in [6.45, 7) is 7.00. The number of anilines is 1. The molecule has 0 bridgehead atoms. The lowest BCUT2D eigenvalue weighted by atomic mass is 9.94.